The Kier molecular flexibility index (Phi) is 8.95. The summed E-state index contributed by atoms with van der Waals surface area (Å²) in [6.45, 7) is 11.1. The van der Waals surface area contributed by atoms with E-state index < -0.39 is 41.4 Å². The van der Waals surface area contributed by atoms with E-state index >= 15 is 0 Å². The molecule has 0 radical (unpaired) electrons. The number of ether oxygens (including phenoxy) is 2. The third-order valence-electron chi connectivity index (χ3n) is 7.42. The predicted octanol–water partition coefficient (Wildman–Crippen LogP) is 7.34. The van der Waals surface area contributed by atoms with E-state index in [1.807, 2.05) is 69.3 Å². The van der Waals surface area contributed by atoms with Crippen LogP contribution >= 0.6 is 0 Å². The van der Waals surface area contributed by atoms with Crippen LogP contribution in [0.2, 0.25) is 0 Å². The fourth-order valence-electron chi connectivity index (χ4n) is 5.71. The molecule has 2 aromatic heterocycles. The Bertz CT molecular complexity index is 1660. The number of rotatable bonds is 5. The molecule has 0 N–H and O–H groups in total. The zero-order chi connectivity index (χ0) is 32.4. The normalized spacial score (nSPS) is 17.2. The average Bonchev–Trinajstić information content (AvgIpc) is 3.45. The highest BCUT2D eigenvalue weighted by molar-refractivity contribution is 5.96. The first-order valence-electron chi connectivity index (χ1n) is 15.2. The molecule has 4 aromatic rings. The number of nitrogens with zero attached hydrogens (tertiary/aromatic N) is 4. The third-order valence-corrected chi connectivity index (χ3v) is 7.42. The molecular weight excluding hydrogens is 572 g/mol. The SMILES string of the molecule is CC(C)(C)OC(=O)N1CCCC(N(C(=O)Cc2cc(-c3cncnc3)cc3ccoc23)C(=O)OC(C)(C)C)C1c1ccccc1. The molecule has 0 aliphatic carbocycles. The number of piperidine rings is 1. The summed E-state index contributed by atoms with van der Waals surface area (Å²) in [5.74, 6) is -0.472. The quantitative estimate of drug-likeness (QED) is 0.230. The number of hydrogen-bond donors (Lipinski definition) is 0. The van der Waals surface area contributed by atoms with Crippen LogP contribution in [0.5, 0.6) is 0 Å². The zero-order valence-electron chi connectivity index (χ0n) is 26.6. The number of hydrogen-bond acceptors (Lipinski definition) is 8. The summed E-state index contributed by atoms with van der Waals surface area (Å²) in [6.07, 6.45) is 6.04. The Labute approximate surface area is 263 Å². The van der Waals surface area contributed by atoms with Gasteiger partial charge in [-0.15, -0.1) is 0 Å². The van der Waals surface area contributed by atoms with E-state index in [-0.39, 0.29) is 6.42 Å². The molecule has 1 aliphatic heterocycles. The minimum absolute atomic E-state index is 0.144. The molecule has 3 amide bonds. The van der Waals surface area contributed by atoms with E-state index in [1.165, 1.54) is 11.2 Å². The molecule has 1 aliphatic rings. The minimum atomic E-state index is -0.862. The van der Waals surface area contributed by atoms with E-state index in [0.29, 0.717) is 30.5 Å². The van der Waals surface area contributed by atoms with Crippen LogP contribution in [0.25, 0.3) is 22.1 Å². The maximum atomic E-state index is 14.5. The Hall–Kier alpha value is -4.73. The highest BCUT2D eigenvalue weighted by Crippen LogP contribution is 2.37. The average molecular weight is 613 g/mol. The Morgan fingerprint density at radius 3 is 2.29 bits per heavy atom. The summed E-state index contributed by atoms with van der Waals surface area (Å²) in [5, 5.41) is 0.805. The van der Waals surface area contributed by atoms with E-state index in [9.17, 15) is 14.4 Å². The van der Waals surface area contributed by atoms with Crippen molar-refractivity contribution in [1.29, 1.82) is 0 Å². The number of furan rings is 1. The van der Waals surface area contributed by atoms with Gasteiger partial charge >= 0.3 is 12.2 Å². The number of imide groups is 1. The Morgan fingerprint density at radius 1 is 0.933 bits per heavy atom. The van der Waals surface area contributed by atoms with Crippen LogP contribution in [-0.2, 0) is 20.7 Å². The van der Waals surface area contributed by atoms with Gasteiger partial charge in [0.1, 0.15) is 23.1 Å². The fourth-order valence-corrected chi connectivity index (χ4v) is 5.71. The van der Waals surface area contributed by atoms with Gasteiger partial charge in [-0.25, -0.2) is 24.5 Å². The number of likely N-dealkylation sites (tertiary alicyclic amines) is 1. The van der Waals surface area contributed by atoms with Gasteiger partial charge in [0.05, 0.1) is 24.8 Å². The molecule has 1 fully saturated rings. The van der Waals surface area contributed by atoms with Gasteiger partial charge in [-0.1, -0.05) is 30.3 Å². The second-order valence-corrected chi connectivity index (χ2v) is 13.3. The molecule has 45 heavy (non-hydrogen) atoms. The maximum Gasteiger partial charge on any atom is 0.417 e. The first kappa shape index (κ1) is 31.7. The summed E-state index contributed by atoms with van der Waals surface area (Å²) in [4.78, 5) is 53.1. The molecule has 10 heteroatoms. The van der Waals surface area contributed by atoms with Crippen LogP contribution in [0.3, 0.4) is 0 Å². The van der Waals surface area contributed by atoms with E-state index in [2.05, 4.69) is 9.97 Å². The van der Waals surface area contributed by atoms with Crippen molar-refractivity contribution in [3.8, 4) is 11.1 Å². The largest absolute Gasteiger partial charge is 0.464 e. The maximum absolute atomic E-state index is 14.5. The number of carbonyl (C=O) groups is 3. The van der Waals surface area contributed by atoms with Crippen molar-refractivity contribution in [2.45, 2.75) is 84.1 Å². The molecule has 0 spiro atoms. The van der Waals surface area contributed by atoms with Gasteiger partial charge in [-0.3, -0.25) is 9.69 Å². The van der Waals surface area contributed by atoms with Gasteiger partial charge in [0.15, 0.2) is 0 Å². The number of aromatic nitrogens is 2. The monoisotopic (exact) mass is 612 g/mol. The van der Waals surface area contributed by atoms with Crippen LogP contribution in [0.1, 0.15) is 71.6 Å². The first-order chi connectivity index (χ1) is 21.3. The molecule has 0 saturated carbocycles. The van der Waals surface area contributed by atoms with Crippen LogP contribution < -0.4 is 0 Å². The molecule has 5 rings (SSSR count). The fraction of sp³-hybridized carbons (Fsp3) is 0.400. The number of benzene rings is 2. The van der Waals surface area contributed by atoms with Gasteiger partial charge in [-0.05, 0) is 83.7 Å². The molecule has 10 nitrogen and oxygen atoms in total. The molecule has 1 saturated heterocycles. The molecule has 2 aromatic carbocycles. The lowest BCUT2D eigenvalue weighted by molar-refractivity contribution is -0.134. The first-order valence-corrected chi connectivity index (χ1v) is 15.2. The van der Waals surface area contributed by atoms with Crippen LogP contribution in [0.4, 0.5) is 9.59 Å². The van der Waals surface area contributed by atoms with E-state index in [4.69, 9.17) is 13.9 Å². The second kappa shape index (κ2) is 12.7. The minimum Gasteiger partial charge on any atom is -0.464 e. The van der Waals surface area contributed by atoms with Crippen LogP contribution in [0.15, 0.2) is 77.9 Å². The highest BCUT2D eigenvalue weighted by atomic mass is 16.6. The van der Waals surface area contributed by atoms with Gasteiger partial charge in [0.2, 0.25) is 5.91 Å². The summed E-state index contributed by atoms with van der Waals surface area (Å²) in [7, 11) is 0. The van der Waals surface area contributed by atoms with Gasteiger partial charge in [0.25, 0.3) is 0 Å². The highest BCUT2D eigenvalue weighted by Gasteiger charge is 2.45. The lowest BCUT2D eigenvalue weighted by Gasteiger charge is -2.45. The molecule has 2 atom stereocenters. The van der Waals surface area contributed by atoms with Crippen molar-refractivity contribution in [2.75, 3.05) is 6.54 Å². The van der Waals surface area contributed by atoms with Crippen molar-refractivity contribution < 1.29 is 28.3 Å². The lowest BCUT2D eigenvalue weighted by Crippen LogP contribution is -2.57. The molecule has 236 valence electrons. The molecule has 3 heterocycles. The van der Waals surface area contributed by atoms with Gasteiger partial charge < -0.3 is 13.9 Å². The number of fused-ring (bicyclic) bond motifs is 1. The van der Waals surface area contributed by atoms with E-state index in [0.717, 1.165) is 22.1 Å². The van der Waals surface area contributed by atoms with Crippen molar-refractivity contribution in [2.24, 2.45) is 0 Å². The molecular formula is C35H40N4O6. The smallest absolute Gasteiger partial charge is 0.417 e. The summed E-state index contributed by atoms with van der Waals surface area (Å²) < 4.78 is 17.4. The Morgan fingerprint density at radius 2 is 1.62 bits per heavy atom. The standard InChI is InChI=1S/C35H40N4O6/c1-34(2,3)44-32(41)38-15-10-13-28(30(38)23-11-8-7-9-12-23)39(33(42)45-35(4,5)6)29(40)19-26-18-25(27-20-36-22-37-21-27)17-24-14-16-43-31(24)26/h7-9,11-12,14,16-18,20-22,28,30H,10,13,15,19H2,1-6H3. The van der Waals surface area contributed by atoms with Crippen molar-refractivity contribution in [3.63, 3.8) is 0 Å². The van der Waals surface area contributed by atoms with Crippen LogP contribution in [0, 0.1) is 0 Å². The van der Waals surface area contributed by atoms with E-state index in [1.54, 1.807) is 44.3 Å². The van der Waals surface area contributed by atoms with Gasteiger partial charge in [0, 0.05) is 35.5 Å². The summed E-state index contributed by atoms with van der Waals surface area (Å²) >= 11 is 0. The second-order valence-electron chi connectivity index (χ2n) is 13.3. The topological polar surface area (TPSA) is 115 Å². The van der Waals surface area contributed by atoms with Crippen molar-refractivity contribution in [3.05, 3.63) is 84.6 Å². The molecule has 2 unspecified atom stereocenters. The lowest BCUT2D eigenvalue weighted by atomic mass is 9.89. The van der Waals surface area contributed by atoms with Crippen molar-refractivity contribution >= 4 is 29.1 Å². The Balaban J connectivity index is 1.57. The summed E-state index contributed by atoms with van der Waals surface area (Å²) in [6, 6.07) is 13.7. The third kappa shape index (κ3) is 7.50. The zero-order valence-corrected chi connectivity index (χ0v) is 26.6. The molecule has 0 bridgehead atoms. The van der Waals surface area contributed by atoms with Gasteiger partial charge in [-0.2, -0.15) is 0 Å². The summed E-state index contributed by atoms with van der Waals surface area (Å²) in [5.41, 5.74) is 1.94. The number of carbonyl (C=O) groups excluding carboxylic acids is 3. The predicted molar refractivity (Wildman–Crippen MR) is 169 cm³/mol. The van der Waals surface area contributed by atoms with Crippen LogP contribution in [-0.4, -0.2) is 61.7 Å². The number of amides is 3. The van der Waals surface area contributed by atoms with Crippen molar-refractivity contribution in [1.82, 2.24) is 19.8 Å².